The predicted molar refractivity (Wildman–Crippen MR) is 60.4 cm³/mol. The molecule has 1 aromatic rings. The third-order valence-corrected chi connectivity index (χ3v) is 3.57. The first-order chi connectivity index (χ1) is 7.74. The monoisotopic (exact) mass is 225 g/mol. The molecule has 0 bridgehead atoms. The molecule has 16 heavy (non-hydrogen) atoms. The van der Waals surface area contributed by atoms with E-state index in [2.05, 4.69) is 0 Å². The van der Waals surface area contributed by atoms with Gasteiger partial charge in [0, 0.05) is 12.5 Å². The lowest BCUT2D eigenvalue weighted by Gasteiger charge is -2.21. The minimum atomic E-state index is -2.21. The topological polar surface area (TPSA) is 26.0 Å². The van der Waals surface area contributed by atoms with Crippen LogP contribution in [0, 0.1) is 5.92 Å². The van der Waals surface area contributed by atoms with Crippen LogP contribution in [0.1, 0.15) is 36.3 Å². The fraction of sp³-hybridized carbons (Fsp3) is 0.538. The van der Waals surface area contributed by atoms with Crippen molar-refractivity contribution < 1.29 is 8.78 Å². The lowest BCUT2D eigenvalue weighted by Crippen LogP contribution is -2.17. The lowest BCUT2D eigenvalue weighted by atomic mass is 9.86. The maximum absolute atomic E-state index is 12.9. The molecule has 1 aliphatic rings. The summed E-state index contributed by atoms with van der Waals surface area (Å²) in [6.07, 6.45) is 0.199. The second kappa shape index (κ2) is 4.91. The minimum absolute atomic E-state index is 0.000231. The van der Waals surface area contributed by atoms with Gasteiger partial charge in [-0.05, 0) is 29.9 Å². The molecule has 0 aliphatic heterocycles. The summed E-state index contributed by atoms with van der Waals surface area (Å²) in [7, 11) is 0. The molecule has 0 aromatic heterocycles. The van der Waals surface area contributed by atoms with Crippen LogP contribution in [0.2, 0.25) is 0 Å². The Kier molecular flexibility index (Phi) is 3.54. The molecule has 1 aromatic carbocycles. The van der Waals surface area contributed by atoms with E-state index in [9.17, 15) is 8.78 Å². The summed E-state index contributed by atoms with van der Waals surface area (Å²) in [6, 6.07) is 7.72. The van der Waals surface area contributed by atoms with Crippen LogP contribution in [0.15, 0.2) is 24.3 Å². The molecule has 0 heterocycles. The van der Waals surface area contributed by atoms with Gasteiger partial charge in [-0.1, -0.05) is 30.7 Å². The summed E-state index contributed by atoms with van der Waals surface area (Å²) in [5.74, 6) is -0.479. The zero-order chi connectivity index (χ0) is 11.5. The van der Waals surface area contributed by atoms with Crippen LogP contribution in [0.4, 0.5) is 8.78 Å². The van der Waals surface area contributed by atoms with Crippen molar-refractivity contribution in [2.24, 2.45) is 11.7 Å². The van der Waals surface area contributed by atoms with Gasteiger partial charge in [0.05, 0.1) is 0 Å². The third kappa shape index (κ3) is 2.09. The van der Waals surface area contributed by atoms with Crippen LogP contribution in [0.25, 0.3) is 0 Å². The molecule has 2 N–H and O–H groups in total. The van der Waals surface area contributed by atoms with Gasteiger partial charge in [0.2, 0.25) is 6.43 Å². The van der Waals surface area contributed by atoms with Crippen molar-refractivity contribution in [2.75, 3.05) is 0 Å². The highest BCUT2D eigenvalue weighted by Gasteiger charge is 2.35. The van der Waals surface area contributed by atoms with Gasteiger partial charge in [-0.2, -0.15) is 0 Å². The Morgan fingerprint density at radius 3 is 2.69 bits per heavy atom. The summed E-state index contributed by atoms with van der Waals surface area (Å²) >= 11 is 0. The Morgan fingerprint density at radius 1 is 1.25 bits per heavy atom. The fourth-order valence-corrected chi connectivity index (χ4v) is 2.76. The van der Waals surface area contributed by atoms with Gasteiger partial charge in [-0.15, -0.1) is 0 Å². The predicted octanol–water partition coefficient (Wildman–Crippen LogP) is 3.29. The molecule has 1 nitrogen and oxygen atoms in total. The Hall–Kier alpha value is -0.960. The second-order valence-electron chi connectivity index (χ2n) is 4.44. The van der Waals surface area contributed by atoms with Crippen molar-refractivity contribution in [3.63, 3.8) is 0 Å². The average molecular weight is 225 g/mol. The number of alkyl halides is 2. The molecule has 0 amide bonds. The fourth-order valence-electron chi connectivity index (χ4n) is 2.76. The largest absolute Gasteiger partial charge is 0.326 e. The molecular formula is C13H17F2N. The molecule has 3 heteroatoms. The number of nitrogens with two attached hydrogens (primary N) is 1. The summed E-state index contributed by atoms with van der Waals surface area (Å²) in [4.78, 5) is 0. The lowest BCUT2D eigenvalue weighted by molar-refractivity contribution is 0.0715. The molecule has 2 atom stereocenters. The zero-order valence-electron chi connectivity index (χ0n) is 9.20. The molecule has 1 fully saturated rings. The summed E-state index contributed by atoms with van der Waals surface area (Å²) in [5.41, 5.74) is 7.70. The molecule has 2 rings (SSSR count). The number of hydrogen-bond donors (Lipinski definition) is 1. The third-order valence-electron chi connectivity index (χ3n) is 3.57. The van der Waals surface area contributed by atoms with Gasteiger partial charge in [-0.3, -0.25) is 0 Å². The normalized spacial score (nSPS) is 25.2. The SMILES string of the molecule is NCc1ccccc1C1CCCC1C(F)F. The number of halogens is 2. The van der Waals surface area contributed by atoms with E-state index in [4.69, 9.17) is 5.73 Å². The zero-order valence-corrected chi connectivity index (χ0v) is 9.20. The smallest absolute Gasteiger partial charge is 0.242 e. The second-order valence-corrected chi connectivity index (χ2v) is 4.44. The first-order valence-electron chi connectivity index (χ1n) is 5.80. The van der Waals surface area contributed by atoms with E-state index < -0.39 is 12.3 Å². The molecule has 2 unspecified atom stereocenters. The number of rotatable bonds is 3. The average Bonchev–Trinajstić information content (AvgIpc) is 2.77. The van der Waals surface area contributed by atoms with Gasteiger partial charge < -0.3 is 5.73 Å². The van der Waals surface area contributed by atoms with Gasteiger partial charge in [-0.25, -0.2) is 8.78 Å². The summed E-state index contributed by atoms with van der Waals surface area (Å²) in [5, 5.41) is 0. The number of hydrogen-bond acceptors (Lipinski definition) is 1. The highest BCUT2D eigenvalue weighted by atomic mass is 19.3. The Labute approximate surface area is 94.7 Å². The molecular weight excluding hydrogens is 208 g/mol. The van der Waals surface area contributed by atoms with E-state index in [1.807, 2.05) is 24.3 Å². The van der Waals surface area contributed by atoms with Crippen LogP contribution < -0.4 is 5.73 Å². The highest BCUT2D eigenvalue weighted by molar-refractivity contribution is 5.31. The van der Waals surface area contributed by atoms with Gasteiger partial charge in [0.1, 0.15) is 0 Å². The Balaban J connectivity index is 2.28. The highest BCUT2D eigenvalue weighted by Crippen LogP contribution is 2.43. The molecule has 0 radical (unpaired) electrons. The molecule has 0 saturated heterocycles. The van der Waals surface area contributed by atoms with E-state index in [-0.39, 0.29) is 5.92 Å². The summed E-state index contributed by atoms with van der Waals surface area (Å²) in [6.45, 7) is 0.433. The van der Waals surface area contributed by atoms with E-state index in [0.717, 1.165) is 24.0 Å². The van der Waals surface area contributed by atoms with Crippen LogP contribution in [0.5, 0.6) is 0 Å². The van der Waals surface area contributed by atoms with Crippen LogP contribution in [-0.2, 0) is 6.54 Å². The standard InChI is InChI=1S/C13H17F2N/c14-13(15)12-7-3-6-11(12)10-5-2-1-4-9(10)8-16/h1-2,4-5,11-13H,3,6-8,16H2. The van der Waals surface area contributed by atoms with Crippen LogP contribution in [-0.4, -0.2) is 6.43 Å². The van der Waals surface area contributed by atoms with Crippen molar-refractivity contribution >= 4 is 0 Å². The van der Waals surface area contributed by atoms with Crippen LogP contribution >= 0.6 is 0 Å². The summed E-state index contributed by atoms with van der Waals surface area (Å²) < 4.78 is 25.8. The van der Waals surface area contributed by atoms with Crippen molar-refractivity contribution in [3.8, 4) is 0 Å². The maximum atomic E-state index is 12.9. The van der Waals surface area contributed by atoms with Crippen molar-refractivity contribution in [2.45, 2.75) is 38.2 Å². The minimum Gasteiger partial charge on any atom is -0.326 e. The van der Waals surface area contributed by atoms with E-state index >= 15 is 0 Å². The first kappa shape index (κ1) is 11.5. The molecule has 88 valence electrons. The molecule has 1 saturated carbocycles. The van der Waals surface area contributed by atoms with Gasteiger partial charge in [0.25, 0.3) is 0 Å². The van der Waals surface area contributed by atoms with Crippen LogP contribution in [0.3, 0.4) is 0 Å². The first-order valence-corrected chi connectivity index (χ1v) is 5.80. The van der Waals surface area contributed by atoms with Gasteiger partial charge >= 0.3 is 0 Å². The van der Waals surface area contributed by atoms with Gasteiger partial charge in [0.15, 0.2) is 0 Å². The van der Waals surface area contributed by atoms with E-state index in [1.165, 1.54) is 0 Å². The van der Waals surface area contributed by atoms with Crippen molar-refractivity contribution in [3.05, 3.63) is 35.4 Å². The molecule has 0 spiro atoms. The van der Waals surface area contributed by atoms with Crippen molar-refractivity contribution in [1.82, 2.24) is 0 Å². The Morgan fingerprint density at radius 2 is 2.00 bits per heavy atom. The van der Waals surface area contributed by atoms with E-state index in [0.29, 0.717) is 13.0 Å². The van der Waals surface area contributed by atoms with Crippen molar-refractivity contribution in [1.29, 1.82) is 0 Å². The quantitative estimate of drug-likeness (QED) is 0.839. The van der Waals surface area contributed by atoms with E-state index in [1.54, 1.807) is 0 Å². The maximum Gasteiger partial charge on any atom is 0.242 e. The Bertz CT molecular complexity index is 352. The molecule has 1 aliphatic carbocycles. The number of benzene rings is 1.